The van der Waals surface area contributed by atoms with E-state index < -0.39 is 0 Å². The van der Waals surface area contributed by atoms with E-state index in [1.54, 1.807) is 11.3 Å². The number of aliphatic hydroxyl groups is 1. The fraction of sp³-hybridized carbons (Fsp3) is 0.333. The van der Waals surface area contributed by atoms with Crippen LogP contribution in [-0.2, 0) is 6.54 Å². The van der Waals surface area contributed by atoms with Crippen LogP contribution < -0.4 is 4.90 Å². The van der Waals surface area contributed by atoms with Crippen LogP contribution in [0.5, 0.6) is 0 Å². The molecule has 1 atom stereocenters. The van der Waals surface area contributed by atoms with Gasteiger partial charge in [-0.3, -0.25) is 0 Å². The third-order valence-corrected chi connectivity index (χ3v) is 3.84. The van der Waals surface area contributed by atoms with Crippen molar-refractivity contribution in [2.75, 3.05) is 11.9 Å². The van der Waals surface area contributed by atoms with Gasteiger partial charge in [-0.25, -0.2) is 0 Å². The quantitative estimate of drug-likeness (QED) is 0.884. The molecule has 0 saturated heterocycles. The molecule has 0 aliphatic carbocycles. The first-order valence-electron chi connectivity index (χ1n) is 6.21. The second-order valence-electron chi connectivity index (χ2n) is 4.50. The molecule has 1 aromatic heterocycles. The van der Waals surface area contributed by atoms with E-state index in [0.29, 0.717) is 0 Å². The molecule has 0 fully saturated rings. The molecule has 2 aromatic rings. The predicted molar refractivity (Wildman–Crippen MR) is 78.1 cm³/mol. The van der Waals surface area contributed by atoms with Crippen LogP contribution in [0.1, 0.15) is 30.6 Å². The van der Waals surface area contributed by atoms with E-state index >= 15 is 0 Å². The molecular weight excluding hydrogens is 242 g/mol. The first kappa shape index (κ1) is 13.1. The van der Waals surface area contributed by atoms with Gasteiger partial charge in [0.2, 0.25) is 0 Å². The fourth-order valence-corrected chi connectivity index (χ4v) is 2.59. The summed E-state index contributed by atoms with van der Waals surface area (Å²) in [6.45, 7) is 2.90. The van der Waals surface area contributed by atoms with Crippen molar-refractivity contribution in [2.24, 2.45) is 0 Å². The lowest BCUT2D eigenvalue weighted by atomic mass is 10.1. The van der Waals surface area contributed by atoms with Gasteiger partial charge in [0.1, 0.15) is 0 Å². The highest BCUT2D eigenvalue weighted by atomic mass is 32.1. The average Bonchev–Trinajstić information content (AvgIpc) is 2.91. The molecule has 3 heteroatoms. The topological polar surface area (TPSA) is 23.5 Å². The molecule has 2 rings (SSSR count). The number of hydrogen-bond donors (Lipinski definition) is 1. The summed E-state index contributed by atoms with van der Waals surface area (Å²) < 4.78 is 0. The number of hydrogen-bond acceptors (Lipinski definition) is 3. The monoisotopic (exact) mass is 261 g/mol. The zero-order valence-corrected chi connectivity index (χ0v) is 11.7. The van der Waals surface area contributed by atoms with Crippen LogP contribution in [0.25, 0.3) is 0 Å². The third-order valence-electron chi connectivity index (χ3n) is 3.11. The van der Waals surface area contributed by atoms with Crippen molar-refractivity contribution in [3.8, 4) is 0 Å². The van der Waals surface area contributed by atoms with Gasteiger partial charge in [0.25, 0.3) is 0 Å². The van der Waals surface area contributed by atoms with E-state index in [-0.39, 0.29) is 6.10 Å². The van der Waals surface area contributed by atoms with E-state index in [9.17, 15) is 5.11 Å². The Morgan fingerprint density at radius 2 is 1.94 bits per heavy atom. The highest BCUT2D eigenvalue weighted by Gasteiger charge is 2.06. The fourth-order valence-electron chi connectivity index (χ4n) is 1.93. The van der Waals surface area contributed by atoms with E-state index in [1.165, 1.54) is 11.3 Å². The molecule has 1 aromatic carbocycles. The zero-order valence-electron chi connectivity index (χ0n) is 10.8. The van der Waals surface area contributed by atoms with Gasteiger partial charge >= 0.3 is 0 Å². The van der Waals surface area contributed by atoms with Crippen LogP contribution in [0.2, 0.25) is 0 Å². The highest BCUT2D eigenvalue weighted by molar-refractivity contribution is 7.07. The first-order chi connectivity index (χ1) is 8.70. The Morgan fingerprint density at radius 3 is 2.50 bits per heavy atom. The summed E-state index contributed by atoms with van der Waals surface area (Å²) in [6, 6.07) is 10.3. The van der Waals surface area contributed by atoms with Gasteiger partial charge in [-0.05, 0) is 46.5 Å². The summed E-state index contributed by atoms with van der Waals surface area (Å²) in [5.41, 5.74) is 3.50. The molecule has 1 heterocycles. The number of nitrogens with zero attached hydrogens (tertiary/aromatic N) is 1. The average molecular weight is 261 g/mol. The zero-order chi connectivity index (χ0) is 13.0. The maximum absolute atomic E-state index is 9.75. The van der Waals surface area contributed by atoms with Gasteiger partial charge in [-0.2, -0.15) is 11.3 Å². The Morgan fingerprint density at radius 1 is 1.22 bits per heavy atom. The maximum atomic E-state index is 9.75. The lowest BCUT2D eigenvalue weighted by Crippen LogP contribution is -2.15. The van der Waals surface area contributed by atoms with Crippen molar-refractivity contribution in [3.05, 3.63) is 52.2 Å². The SMILES string of the molecule is CC[C@@H](O)c1ccc(N(C)Cc2ccsc2)cc1. The van der Waals surface area contributed by atoms with Gasteiger partial charge in [-0.15, -0.1) is 0 Å². The van der Waals surface area contributed by atoms with Crippen molar-refractivity contribution in [3.63, 3.8) is 0 Å². The van der Waals surface area contributed by atoms with E-state index in [2.05, 4.69) is 40.9 Å². The number of benzene rings is 1. The highest BCUT2D eigenvalue weighted by Crippen LogP contribution is 2.21. The standard InChI is InChI=1S/C15H19NOS/c1-3-15(17)13-4-6-14(7-5-13)16(2)10-12-8-9-18-11-12/h4-9,11,15,17H,3,10H2,1-2H3/t15-/m1/s1. The van der Waals surface area contributed by atoms with Crippen molar-refractivity contribution in [1.82, 2.24) is 0 Å². The van der Waals surface area contributed by atoms with Crippen LogP contribution in [0, 0.1) is 0 Å². The van der Waals surface area contributed by atoms with Crippen LogP contribution in [-0.4, -0.2) is 12.2 Å². The minimum Gasteiger partial charge on any atom is -0.388 e. The number of thiophene rings is 1. The van der Waals surface area contributed by atoms with E-state index in [0.717, 1.165) is 18.5 Å². The maximum Gasteiger partial charge on any atom is 0.0787 e. The molecule has 0 unspecified atom stereocenters. The molecule has 0 bridgehead atoms. The third kappa shape index (κ3) is 3.12. The summed E-state index contributed by atoms with van der Waals surface area (Å²) in [4.78, 5) is 2.21. The van der Waals surface area contributed by atoms with Crippen LogP contribution in [0.4, 0.5) is 5.69 Å². The summed E-state index contributed by atoms with van der Waals surface area (Å²) in [7, 11) is 2.09. The minimum absolute atomic E-state index is 0.346. The Labute approximate surface area is 113 Å². The number of rotatable bonds is 5. The summed E-state index contributed by atoms with van der Waals surface area (Å²) in [5, 5.41) is 14.0. The van der Waals surface area contributed by atoms with Crippen LogP contribution in [0.15, 0.2) is 41.1 Å². The Kier molecular flexibility index (Phi) is 4.39. The molecule has 0 aliphatic heterocycles. The van der Waals surface area contributed by atoms with Crippen LogP contribution >= 0.6 is 11.3 Å². The van der Waals surface area contributed by atoms with Gasteiger partial charge in [0.05, 0.1) is 6.10 Å². The Balaban J connectivity index is 2.04. The second kappa shape index (κ2) is 6.03. The molecule has 1 N–H and O–H groups in total. The molecule has 0 radical (unpaired) electrons. The molecular formula is C15H19NOS. The molecule has 0 amide bonds. The molecule has 0 spiro atoms. The molecule has 96 valence electrons. The lowest BCUT2D eigenvalue weighted by Gasteiger charge is -2.19. The van der Waals surface area contributed by atoms with Crippen molar-refractivity contribution >= 4 is 17.0 Å². The summed E-state index contributed by atoms with van der Waals surface area (Å²) >= 11 is 1.73. The van der Waals surface area contributed by atoms with Gasteiger partial charge in [-0.1, -0.05) is 19.1 Å². The molecule has 18 heavy (non-hydrogen) atoms. The summed E-state index contributed by atoms with van der Waals surface area (Å²) in [6.07, 6.45) is 0.408. The smallest absolute Gasteiger partial charge is 0.0787 e. The number of anilines is 1. The van der Waals surface area contributed by atoms with Crippen molar-refractivity contribution in [1.29, 1.82) is 0 Å². The normalized spacial score (nSPS) is 12.4. The van der Waals surface area contributed by atoms with Crippen LogP contribution in [0.3, 0.4) is 0 Å². The predicted octanol–water partition coefficient (Wildman–Crippen LogP) is 3.83. The molecule has 0 aliphatic rings. The van der Waals surface area contributed by atoms with Crippen molar-refractivity contribution in [2.45, 2.75) is 26.0 Å². The van der Waals surface area contributed by atoms with Gasteiger partial charge in [0, 0.05) is 19.3 Å². The van der Waals surface area contributed by atoms with Gasteiger partial charge in [0.15, 0.2) is 0 Å². The van der Waals surface area contributed by atoms with Gasteiger partial charge < -0.3 is 10.0 Å². The largest absolute Gasteiger partial charge is 0.388 e. The Hall–Kier alpha value is -1.32. The first-order valence-corrected chi connectivity index (χ1v) is 7.15. The lowest BCUT2D eigenvalue weighted by molar-refractivity contribution is 0.173. The molecule has 2 nitrogen and oxygen atoms in total. The second-order valence-corrected chi connectivity index (χ2v) is 5.28. The summed E-state index contributed by atoms with van der Waals surface area (Å²) in [5.74, 6) is 0. The number of aliphatic hydroxyl groups excluding tert-OH is 1. The minimum atomic E-state index is -0.346. The van der Waals surface area contributed by atoms with E-state index in [4.69, 9.17) is 0 Å². The van der Waals surface area contributed by atoms with E-state index in [1.807, 2.05) is 19.1 Å². The van der Waals surface area contributed by atoms with Crippen molar-refractivity contribution < 1.29 is 5.11 Å². The Bertz CT molecular complexity index is 464. The molecule has 0 saturated carbocycles.